The fourth-order valence-corrected chi connectivity index (χ4v) is 0.303. The fraction of sp³-hybridized carbons (Fsp3) is 0.750. The van der Waals surface area contributed by atoms with Gasteiger partial charge in [0, 0.05) is 6.04 Å². The normalized spacial score (nSPS) is 36.0. The average molecular weight is 86.1 g/mol. The van der Waals surface area contributed by atoms with Crippen LogP contribution >= 0.6 is 0 Å². The molecule has 0 spiro atoms. The quantitative estimate of drug-likeness (QED) is 0.439. The lowest BCUT2D eigenvalue weighted by Gasteiger charge is -1.91. The molecule has 0 saturated carbocycles. The lowest BCUT2D eigenvalue weighted by molar-refractivity contribution is 0.391. The van der Waals surface area contributed by atoms with Gasteiger partial charge in [-0.25, -0.2) is 0 Å². The first kappa shape index (κ1) is 4.09. The summed E-state index contributed by atoms with van der Waals surface area (Å²) in [6.07, 6.45) is 0.269. The second-order valence-electron chi connectivity index (χ2n) is 1.54. The Kier molecular flexibility index (Phi) is 0.821. The third-order valence-electron chi connectivity index (χ3n) is 0.837. The van der Waals surface area contributed by atoms with Crippen molar-refractivity contribution < 1.29 is 4.74 Å². The Morgan fingerprint density at radius 1 is 2.00 bits per heavy atom. The van der Waals surface area contributed by atoms with Crippen LogP contribution in [0.5, 0.6) is 0 Å². The van der Waals surface area contributed by atoms with Gasteiger partial charge in [0.1, 0.15) is 0 Å². The first-order valence-corrected chi connectivity index (χ1v) is 2.01. The third-order valence-corrected chi connectivity index (χ3v) is 0.837. The van der Waals surface area contributed by atoms with Crippen molar-refractivity contribution >= 4 is 0 Å². The van der Waals surface area contributed by atoms with Gasteiger partial charge in [-0.15, -0.1) is 0 Å². The molecule has 1 heterocycles. The second-order valence-corrected chi connectivity index (χ2v) is 1.54. The second kappa shape index (κ2) is 1.21. The molecule has 2 atom stereocenters. The lowest BCUT2D eigenvalue weighted by Crippen LogP contribution is -2.21. The molecule has 2 nitrogen and oxygen atoms in total. The molecule has 1 rings (SSSR count). The van der Waals surface area contributed by atoms with Gasteiger partial charge in [-0.1, -0.05) is 0 Å². The molecule has 0 aromatic rings. The minimum atomic E-state index is -0.00926. The van der Waals surface area contributed by atoms with E-state index < -0.39 is 0 Å². The highest BCUT2D eigenvalue weighted by atomic mass is 16.6. The summed E-state index contributed by atoms with van der Waals surface area (Å²) >= 11 is 0. The van der Waals surface area contributed by atoms with Crippen molar-refractivity contribution in [3.8, 4) is 0 Å². The summed E-state index contributed by atoms with van der Waals surface area (Å²) < 4.78 is 4.78. The molecule has 35 valence electrons. The zero-order valence-electron chi connectivity index (χ0n) is 3.55. The van der Waals surface area contributed by atoms with Gasteiger partial charge in [0.25, 0.3) is 0 Å². The Morgan fingerprint density at radius 2 is 2.50 bits per heavy atom. The Hall–Kier alpha value is -0.0800. The number of hydrogen-bond donors (Lipinski definition) is 1. The number of epoxide rings is 1. The first-order valence-electron chi connectivity index (χ1n) is 2.01. The van der Waals surface area contributed by atoms with Crippen molar-refractivity contribution in [1.82, 2.24) is 0 Å². The summed E-state index contributed by atoms with van der Waals surface area (Å²) in [5.74, 6) is 0. The van der Waals surface area contributed by atoms with Gasteiger partial charge in [-0.3, -0.25) is 0 Å². The summed E-state index contributed by atoms with van der Waals surface area (Å²) in [6.45, 7) is 4.36. The van der Waals surface area contributed by atoms with E-state index >= 15 is 0 Å². The fourth-order valence-electron chi connectivity index (χ4n) is 0.303. The van der Waals surface area contributed by atoms with Gasteiger partial charge in [-0.2, -0.15) is 0 Å². The molecule has 1 saturated heterocycles. The van der Waals surface area contributed by atoms with Crippen molar-refractivity contribution in [3.63, 3.8) is 0 Å². The molecule has 0 bridgehead atoms. The maximum absolute atomic E-state index is 5.26. The van der Waals surface area contributed by atoms with Crippen LogP contribution in [0.25, 0.3) is 0 Å². The number of ether oxygens (including phenoxy) is 1. The van der Waals surface area contributed by atoms with Crippen LogP contribution in [-0.4, -0.2) is 18.8 Å². The Balaban J connectivity index is 2.13. The summed E-state index contributed by atoms with van der Waals surface area (Å²) in [4.78, 5) is 0. The van der Waals surface area contributed by atoms with Gasteiger partial charge in [-0.05, 0) is 6.92 Å². The van der Waals surface area contributed by atoms with Crippen molar-refractivity contribution in [2.75, 3.05) is 6.61 Å². The highest BCUT2D eigenvalue weighted by molar-refractivity contribution is 4.83. The molecule has 1 aliphatic rings. The van der Waals surface area contributed by atoms with Crippen LogP contribution < -0.4 is 5.73 Å². The molecular formula is C4H8NO. The van der Waals surface area contributed by atoms with E-state index in [0.29, 0.717) is 0 Å². The van der Waals surface area contributed by atoms with Gasteiger partial charge >= 0.3 is 0 Å². The summed E-state index contributed by atoms with van der Waals surface area (Å²) in [5, 5.41) is 0. The molecular weight excluding hydrogens is 78.0 g/mol. The monoisotopic (exact) mass is 86.1 g/mol. The molecule has 2 unspecified atom stereocenters. The molecule has 0 aromatic carbocycles. The summed E-state index contributed by atoms with van der Waals surface area (Å²) in [5.41, 5.74) is 5.26. The van der Waals surface area contributed by atoms with E-state index in [2.05, 4.69) is 6.92 Å². The molecule has 2 N–H and O–H groups in total. The van der Waals surface area contributed by atoms with Crippen LogP contribution in [0.3, 0.4) is 0 Å². The lowest BCUT2D eigenvalue weighted by atomic mass is 10.3. The van der Waals surface area contributed by atoms with E-state index in [0.717, 1.165) is 6.61 Å². The predicted molar refractivity (Wildman–Crippen MR) is 23.1 cm³/mol. The Bertz CT molecular complexity index is 49.5. The number of hydrogen-bond acceptors (Lipinski definition) is 2. The van der Waals surface area contributed by atoms with Crippen LogP contribution in [0, 0.1) is 6.92 Å². The summed E-state index contributed by atoms with van der Waals surface area (Å²) in [6, 6.07) is -0.00926. The van der Waals surface area contributed by atoms with E-state index in [1.807, 2.05) is 0 Å². The van der Waals surface area contributed by atoms with E-state index in [1.54, 1.807) is 0 Å². The number of nitrogens with two attached hydrogens (primary N) is 1. The number of rotatable bonds is 1. The largest absolute Gasteiger partial charge is 0.371 e. The zero-order chi connectivity index (χ0) is 4.57. The van der Waals surface area contributed by atoms with Crippen LogP contribution in [0.1, 0.15) is 0 Å². The topological polar surface area (TPSA) is 38.5 Å². The van der Waals surface area contributed by atoms with Gasteiger partial charge in [0.2, 0.25) is 0 Å². The first-order chi connectivity index (χ1) is 2.80. The van der Waals surface area contributed by atoms with Crippen LogP contribution in [0.4, 0.5) is 0 Å². The van der Waals surface area contributed by atoms with Crippen LogP contribution in [-0.2, 0) is 4.74 Å². The van der Waals surface area contributed by atoms with Crippen LogP contribution in [0.2, 0.25) is 0 Å². The standard InChI is InChI=1S/C4H8NO/c1-3(5)4-2-6-4/h3-4H,1-2,5H2. The SMILES string of the molecule is [CH2]C(N)C1CO1. The highest BCUT2D eigenvalue weighted by Gasteiger charge is 2.26. The Labute approximate surface area is 37.3 Å². The van der Waals surface area contributed by atoms with Crippen molar-refractivity contribution in [2.24, 2.45) is 5.73 Å². The molecule has 6 heavy (non-hydrogen) atoms. The molecule has 2 heteroatoms. The highest BCUT2D eigenvalue weighted by Crippen LogP contribution is 2.10. The smallest absolute Gasteiger partial charge is 0.0960 e. The van der Waals surface area contributed by atoms with Crippen molar-refractivity contribution in [2.45, 2.75) is 12.1 Å². The van der Waals surface area contributed by atoms with E-state index in [1.165, 1.54) is 0 Å². The molecule has 0 aromatic heterocycles. The summed E-state index contributed by atoms with van der Waals surface area (Å²) in [7, 11) is 0. The predicted octanol–water partition coefficient (Wildman–Crippen LogP) is -0.453. The van der Waals surface area contributed by atoms with Gasteiger partial charge < -0.3 is 10.5 Å². The van der Waals surface area contributed by atoms with Crippen molar-refractivity contribution in [1.29, 1.82) is 0 Å². The van der Waals surface area contributed by atoms with Crippen molar-refractivity contribution in [3.05, 3.63) is 6.92 Å². The maximum Gasteiger partial charge on any atom is 0.0960 e. The van der Waals surface area contributed by atoms with Gasteiger partial charge in [0.15, 0.2) is 0 Å². The van der Waals surface area contributed by atoms with E-state index in [9.17, 15) is 0 Å². The van der Waals surface area contributed by atoms with Gasteiger partial charge in [0.05, 0.1) is 12.7 Å². The molecule has 1 fully saturated rings. The maximum atomic E-state index is 5.26. The zero-order valence-corrected chi connectivity index (χ0v) is 3.55. The Morgan fingerprint density at radius 3 is 2.50 bits per heavy atom. The average Bonchev–Trinajstić information content (AvgIpc) is 2.06. The molecule has 1 aliphatic heterocycles. The van der Waals surface area contributed by atoms with E-state index in [4.69, 9.17) is 10.5 Å². The van der Waals surface area contributed by atoms with Crippen LogP contribution in [0.15, 0.2) is 0 Å². The third kappa shape index (κ3) is 0.698. The molecule has 1 radical (unpaired) electrons. The minimum Gasteiger partial charge on any atom is -0.371 e. The molecule has 0 amide bonds. The molecule has 0 aliphatic carbocycles. The minimum absolute atomic E-state index is 0.00926. The van der Waals surface area contributed by atoms with E-state index in [-0.39, 0.29) is 12.1 Å².